The molecule has 0 saturated heterocycles. The van der Waals surface area contributed by atoms with Gasteiger partial charge in [0.25, 0.3) is 10.0 Å². The van der Waals surface area contributed by atoms with E-state index in [4.69, 9.17) is 4.74 Å². The highest BCUT2D eigenvalue weighted by Crippen LogP contribution is 2.34. The number of ether oxygens (including phenoxy) is 1. The molecular formula is C13H11F3N2O3S. The van der Waals surface area contributed by atoms with Crippen molar-refractivity contribution in [2.24, 2.45) is 0 Å². The molecule has 0 aliphatic heterocycles. The highest BCUT2D eigenvalue weighted by atomic mass is 32.2. The van der Waals surface area contributed by atoms with Gasteiger partial charge in [0.2, 0.25) is 5.88 Å². The van der Waals surface area contributed by atoms with Crippen LogP contribution < -0.4 is 9.46 Å². The van der Waals surface area contributed by atoms with Gasteiger partial charge in [0.1, 0.15) is 0 Å². The summed E-state index contributed by atoms with van der Waals surface area (Å²) in [4.78, 5) is 2.93. The summed E-state index contributed by atoms with van der Waals surface area (Å²) in [6.45, 7) is 0. The Balaban J connectivity index is 2.39. The number of sulfonamides is 1. The molecular weight excluding hydrogens is 321 g/mol. The zero-order valence-corrected chi connectivity index (χ0v) is 12.1. The van der Waals surface area contributed by atoms with Crippen molar-refractivity contribution in [2.45, 2.75) is 11.1 Å². The molecule has 0 aliphatic rings. The maximum Gasteiger partial charge on any atom is 0.417 e. The van der Waals surface area contributed by atoms with Crippen molar-refractivity contribution >= 4 is 15.7 Å². The summed E-state index contributed by atoms with van der Waals surface area (Å²) in [7, 11) is -3.02. The first-order chi connectivity index (χ1) is 10.2. The van der Waals surface area contributed by atoms with E-state index in [1.165, 1.54) is 25.3 Å². The van der Waals surface area contributed by atoms with E-state index in [-0.39, 0.29) is 11.6 Å². The maximum absolute atomic E-state index is 12.9. The number of pyridine rings is 1. The summed E-state index contributed by atoms with van der Waals surface area (Å²) < 4.78 is 69.9. The van der Waals surface area contributed by atoms with Crippen molar-refractivity contribution in [2.75, 3.05) is 11.8 Å². The first-order valence-electron chi connectivity index (χ1n) is 5.93. The predicted molar refractivity (Wildman–Crippen MR) is 73.0 cm³/mol. The monoisotopic (exact) mass is 332 g/mol. The normalized spacial score (nSPS) is 12.0. The van der Waals surface area contributed by atoms with Crippen molar-refractivity contribution in [3.63, 3.8) is 0 Å². The molecule has 0 aliphatic carbocycles. The summed E-state index contributed by atoms with van der Waals surface area (Å²) in [6, 6.07) is 6.66. The first kappa shape index (κ1) is 16.1. The van der Waals surface area contributed by atoms with Gasteiger partial charge < -0.3 is 4.74 Å². The van der Waals surface area contributed by atoms with E-state index in [0.717, 1.165) is 18.3 Å². The maximum atomic E-state index is 12.9. The van der Waals surface area contributed by atoms with Crippen LogP contribution in [-0.4, -0.2) is 20.5 Å². The van der Waals surface area contributed by atoms with Crippen LogP contribution in [0, 0.1) is 0 Å². The number of rotatable bonds is 4. The lowest BCUT2D eigenvalue weighted by molar-refractivity contribution is -0.139. The third kappa shape index (κ3) is 3.48. The molecule has 2 aromatic rings. The Labute approximate surface area is 124 Å². The number of nitrogens with zero attached hydrogens (tertiary/aromatic N) is 1. The number of anilines is 1. The minimum absolute atomic E-state index is 0.0257. The quantitative estimate of drug-likeness (QED) is 0.935. The standard InChI is InChI=1S/C13H11F3N2O3S/c1-21-12-7-6-9(8-17-12)18-22(19,20)11-5-3-2-4-10(11)13(14,15)16/h2-8,18H,1H3. The summed E-state index contributed by atoms with van der Waals surface area (Å²) >= 11 is 0. The Bertz CT molecular complexity index is 759. The molecule has 1 N–H and O–H groups in total. The number of methoxy groups -OCH3 is 1. The molecule has 0 atom stereocenters. The smallest absolute Gasteiger partial charge is 0.417 e. The lowest BCUT2D eigenvalue weighted by atomic mass is 10.2. The number of aromatic nitrogens is 1. The van der Waals surface area contributed by atoms with Gasteiger partial charge >= 0.3 is 6.18 Å². The van der Waals surface area contributed by atoms with E-state index in [9.17, 15) is 21.6 Å². The second-order valence-corrected chi connectivity index (χ2v) is 5.84. The fourth-order valence-electron chi connectivity index (χ4n) is 1.71. The first-order valence-corrected chi connectivity index (χ1v) is 7.41. The van der Waals surface area contributed by atoms with E-state index in [0.29, 0.717) is 6.07 Å². The Morgan fingerprint density at radius 3 is 2.36 bits per heavy atom. The number of nitrogens with one attached hydrogen (secondary N) is 1. The van der Waals surface area contributed by atoms with Gasteiger partial charge in [-0.2, -0.15) is 13.2 Å². The Hall–Kier alpha value is -2.29. The predicted octanol–water partition coefficient (Wildman–Crippen LogP) is 2.91. The Morgan fingerprint density at radius 1 is 1.14 bits per heavy atom. The van der Waals surface area contributed by atoms with Gasteiger partial charge in [0.15, 0.2) is 0 Å². The minimum Gasteiger partial charge on any atom is -0.481 e. The lowest BCUT2D eigenvalue weighted by Crippen LogP contribution is -2.18. The minimum atomic E-state index is -4.77. The average molecular weight is 332 g/mol. The van der Waals surface area contributed by atoms with Crippen molar-refractivity contribution in [1.29, 1.82) is 0 Å². The van der Waals surface area contributed by atoms with Crippen LogP contribution >= 0.6 is 0 Å². The van der Waals surface area contributed by atoms with Crippen LogP contribution in [0.1, 0.15) is 5.56 Å². The molecule has 0 fully saturated rings. The number of alkyl halides is 3. The van der Waals surface area contributed by atoms with Gasteiger partial charge in [-0.3, -0.25) is 4.72 Å². The molecule has 5 nitrogen and oxygen atoms in total. The van der Waals surface area contributed by atoms with Gasteiger partial charge in [-0.1, -0.05) is 12.1 Å². The fourth-order valence-corrected chi connectivity index (χ4v) is 2.98. The number of benzene rings is 1. The van der Waals surface area contributed by atoms with E-state index < -0.39 is 26.7 Å². The zero-order valence-electron chi connectivity index (χ0n) is 11.3. The van der Waals surface area contributed by atoms with Crippen LogP contribution in [0.2, 0.25) is 0 Å². The lowest BCUT2D eigenvalue weighted by Gasteiger charge is -2.14. The summed E-state index contributed by atoms with van der Waals surface area (Å²) in [5.41, 5.74) is -1.21. The molecule has 1 aromatic heterocycles. The van der Waals surface area contributed by atoms with Gasteiger partial charge in [0.05, 0.1) is 29.5 Å². The van der Waals surface area contributed by atoms with E-state index in [1.54, 1.807) is 0 Å². The molecule has 1 heterocycles. The Morgan fingerprint density at radius 2 is 1.82 bits per heavy atom. The van der Waals surface area contributed by atoms with Crippen LogP contribution in [0.25, 0.3) is 0 Å². The van der Waals surface area contributed by atoms with E-state index >= 15 is 0 Å². The van der Waals surface area contributed by atoms with E-state index in [2.05, 4.69) is 9.71 Å². The van der Waals surface area contributed by atoms with Gasteiger partial charge in [0, 0.05) is 6.07 Å². The summed E-state index contributed by atoms with van der Waals surface area (Å²) in [5, 5.41) is 0. The van der Waals surface area contributed by atoms with Gasteiger partial charge in [-0.25, -0.2) is 13.4 Å². The summed E-state index contributed by atoms with van der Waals surface area (Å²) in [5.74, 6) is 0.249. The number of hydrogen-bond donors (Lipinski definition) is 1. The van der Waals surface area contributed by atoms with Crippen molar-refractivity contribution in [1.82, 2.24) is 4.98 Å². The number of hydrogen-bond acceptors (Lipinski definition) is 4. The third-order valence-corrected chi connectivity index (χ3v) is 4.12. The molecule has 9 heteroatoms. The third-order valence-electron chi connectivity index (χ3n) is 2.68. The average Bonchev–Trinajstić information content (AvgIpc) is 2.47. The number of halogens is 3. The summed E-state index contributed by atoms with van der Waals surface area (Å²) in [6.07, 6.45) is -3.63. The molecule has 0 radical (unpaired) electrons. The molecule has 118 valence electrons. The van der Waals surface area contributed by atoms with Crippen molar-refractivity contribution in [3.8, 4) is 5.88 Å². The van der Waals surface area contributed by atoms with Crippen LogP contribution in [0.5, 0.6) is 5.88 Å². The second-order valence-electron chi connectivity index (χ2n) is 4.19. The molecule has 0 unspecified atom stereocenters. The molecule has 0 spiro atoms. The molecule has 1 aromatic carbocycles. The van der Waals surface area contributed by atoms with Crippen molar-refractivity contribution in [3.05, 3.63) is 48.2 Å². The molecule has 0 saturated carbocycles. The second kappa shape index (κ2) is 5.84. The highest BCUT2D eigenvalue weighted by molar-refractivity contribution is 7.92. The molecule has 0 bridgehead atoms. The Kier molecular flexibility index (Phi) is 4.27. The topological polar surface area (TPSA) is 68.3 Å². The van der Waals surface area contributed by atoms with Crippen LogP contribution in [-0.2, 0) is 16.2 Å². The van der Waals surface area contributed by atoms with Crippen LogP contribution in [0.15, 0.2) is 47.5 Å². The molecule has 22 heavy (non-hydrogen) atoms. The largest absolute Gasteiger partial charge is 0.481 e. The van der Waals surface area contributed by atoms with Crippen molar-refractivity contribution < 1.29 is 26.3 Å². The van der Waals surface area contributed by atoms with Crippen LogP contribution in [0.3, 0.4) is 0 Å². The fraction of sp³-hybridized carbons (Fsp3) is 0.154. The molecule has 0 amide bonds. The van der Waals surface area contributed by atoms with Gasteiger partial charge in [-0.15, -0.1) is 0 Å². The van der Waals surface area contributed by atoms with Gasteiger partial charge in [-0.05, 0) is 18.2 Å². The highest BCUT2D eigenvalue weighted by Gasteiger charge is 2.36. The SMILES string of the molecule is COc1ccc(NS(=O)(=O)c2ccccc2C(F)(F)F)cn1. The molecule has 2 rings (SSSR count). The van der Waals surface area contributed by atoms with E-state index in [1.807, 2.05) is 0 Å². The zero-order chi connectivity index (χ0) is 16.4. The van der Waals surface area contributed by atoms with Crippen LogP contribution in [0.4, 0.5) is 18.9 Å².